The molecule has 1 unspecified atom stereocenters. The molecular weight excluding hydrogens is 361 g/mol. The molecule has 0 bridgehead atoms. The van der Waals surface area contributed by atoms with E-state index in [1.807, 2.05) is 12.1 Å². The Kier molecular flexibility index (Phi) is 5.76. The summed E-state index contributed by atoms with van der Waals surface area (Å²) >= 11 is 1.63. The highest BCUT2D eigenvalue weighted by atomic mass is 32.1. The number of benzene rings is 1. The van der Waals surface area contributed by atoms with Gasteiger partial charge < -0.3 is 15.0 Å². The van der Waals surface area contributed by atoms with Gasteiger partial charge in [-0.3, -0.25) is 0 Å². The van der Waals surface area contributed by atoms with Crippen molar-refractivity contribution in [3.05, 3.63) is 46.7 Å². The van der Waals surface area contributed by atoms with E-state index >= 15 is 0 Å². The summed E-state index contributed by atoms with van der Waals surface area (Å²) in [6, 6.07) is 7.80. The summed E-state index contributed by atoms with van der Waals surface area (Å²) in [5.41, 5.74) is 1.34. The van der Waals surface area contributed by atoms with Gasteiger partial charge in [-0.2, -0.15) is 0 Å². The van der Waals surface area contributed by atoms with Crippen LogP contribution < -0.4 is 5.32 Å². The number of likely N-dealkylation sites (tertiary alicyclic amines) is 1. The summed E-state index contributed by atoms with van der Waals surface area (Å²) < 4.78 is 20.2. The maximum absolute atomic E-state index is 14.6. The molecule has 0 spiro atoms. The van der Waals surface area contributed by atoms with Gasteiger partial charge in [0.15, 0.2) is 5.13 Å². The molecule has 0 amide bonds. The molecular formula is C21H28FN3OS. The molecule has 2 aliphatic rings. The van der Waals surface area contributed by atoms with E-state index in [1.165, 1.54) is 19.4 Å². The van der Waals surface area contributed by atoms with Crippen LogP contribution in [-0.2, 0) is 10.2 Å². The fourth-order valence-electron chi connectivity index (χ4n) is 4.50. The number of thiazole rings is 1. The van der Waals surface area contributed by atoms with E-state index in [-0.39, 0.29) is 11.2 Å². The monoisotopic (exact) mass is 389 g/mol. The van der Waals surface area contributed by atoms with E-state index in [0.29, 0.717) is 19.3 Å². The van der Waals surface area contributed by atoms with Crippen molar-refractivity contribution in [2.24, 2.45) is 0 Å². The van der Waals surface area contributed by atoms with Crippen molar-refractivity contribution < 1.29 is 9.13 Å². The van der Waals surface area contributed by atoms with Crippen LogP contribution in [-0.4, -0.2) is 49.3 Å². The van der Waals surface area contributed by atoms with Crippen molar-refractivity contribution in [3.8, 4) is 0 Å². The molecule has 1 N–H and O–H groups in total. The molecule has 1 atom stereocenters. The van der Waals surface area contributed by atoms with Crippen LogP contribution >= 0.6 is 11.3 Å². The van der Waals surface area contributed by atoms with E-state index in [9.17, 15) is 4.39 Å². The lowest BCUT2D eigenvalue weighted by molar-refractivity contribution is 0.0610. The molecule has 2 aliphatic heterocycles. The van der Waals surface area contributed by atoms with Crippen LogP contribution in [0.5, 0.6) is 0 Å². The number of hydrogen-bond donors (Lipinski definition) is 1. The van der Waals surface area contributed by atoms with Gasteiger partial charge in [-0.15, -0.1) is 11.3 Å². The molecule has 4 rings (SSSR count). The van der Waals surface area contributed by atoms with Crippen molar-refractivity contribution in [3.63, 3.8) is 0 Å². The Hall–Kier alpha value is -1.50. The lowest BCUT2D eigenvalue weighted by Gasteiger charge is -2.36. The first-order valence-electron chi connectivity index (χ1n) is 9.92. The Balaban J connectivity index is 1.50. The molecule has 6 heteroatoms. The molecule has 2 fully saturated rings. The van der Waals surface area contributed by atoms with Crippen LogP contribution in [0, 0.1) is 5.82 Å². The molecule has 0 saturated carbocycles. The second-order valence-corrected chi connectivity index (χ2v) is 8.56. The SMILES string of the molecule is CN1CCCC1CCNc1nc(C2(c3ccccc3F)CCOCC2)cs1. The van der Waals surface area contributed by atoms with Crippen molar-refractivity contribution in [2.45, 2.75) is 43.6 Å². The van der Waals surface area contributed by atoms with Gasteiger partial charge in [0.1, 0.15) is 5.82 Å². The van der Waals surface area contributed by atoms with Crippen molar-refractivity contribution in [1.29, 1.82) is 0 Å². The molecule has 2 aromatic rings. The van der Waals surface area contributed by atoms with E-state index < -0.39 is 0 Å². The maximum Gasteiger partial charge on any atom is 0.182 e. The Morgan fingerprint density at radius 2 is 2.15 bits per heavy atom. The summed E-state index contributed by atoms with van der Waals surface area (Å²) in [6.45, 7) is 3.42. The second-order valence-electron chi connectivity index (χ2n) is 7.70. The Bertz CT molecular complexity index is 759. The number of rotatable bonds is 6. The molecule has 2 saturated heterocycles. The zero-order valence-electron chi connectivity index (χ0n) is 15.9. The highest BCUT2D eigenvalue weighted by Crippen LogP contribution is 2.43. The van der Waals surface area contributed by atoms with Crippen molar-refractivity contribution in [2.75, 3.05) is 38.7 Å². The van der Waals surface area contributed by atoms with Crippen LogP contribution in [0.15, 0.2) is 29.6 Å². The minimum Gasteiger partial charge on any atom is -0.381 e. The zero-order valence-corrected chi connectivity index (χ0v) is 16.7. The van der Waals surface area contributed by atoms with E-state index in [0.717, 1.165) is 42.2 Å². The van der Waals surface area contributed by atoms with Crippen LogP contribution in [0.1, 0.15) is 43.4 Å². The summed E-state index contributed by atoms with van der Waals surface area (Å²) in [5.74, 6) is -0.147. The molecule has 146 valence electrons. The third-order valence-electron chi connectivity index (χ3n) is 6.16. The normalized spacial score (nSPS) is 22.8. The predicted molar refractivity (Wildman–Crippen MR) is 108 cm³/mol. The number of ether oxygens (including phenoxy) is 1. The smallest absolute Gasteiger partial charge is 0.182 e. The van der Waals surface area contributed by atoms with Gasteiger partial charge in [0.2, 0.25) is 0 Å². The van der Waals surface area contributed by atoms with Gasteiger partial charge in [0.05, 0.1) is 5.69 Å². The van der Waals surface area contributed by atoms with E-state index in [1.54, 1.807) is 23.5 Å². The number of aromatic nitrogens is 1. The second kappa shape index (κ2) is 8.25. The average molecular weight is 390 g/mol. The van der Waals surface area contributed by atoms with Gasteiger partial charge in [0, 0.05) is 42.2 Å². The first-order chi connectivity index (χ1) is 13.2. The first-order valence-corrected chi connectivity index (χ1v) is 10.8. The summed E-state index contributed by atoms with van der Waals surface area (Å²) in [4.78, 5) is 7.33. The third-order valence-corrected chi connectivity index (χ3v) is 6.96. The molecule has 1 aromatic carbocycles. The highest BCUT2D eigenvalue weighted by molar-refractivity contribution is 7.13. The molecule has 0 aliphatic carbocycles. The number of anilines is 1. The largest absolute Gasteiger partial charge is 0.381 e. The van der Waals surface area contributed by atoms with E-state index in [2.05, 4.69) is 22.6 Å². The van der Waals surface area contributed by atoms with Crippen LogP contribution in [0.3, 0.4) is 0 Å². The molecule has 3 heterocycles. The average Bonchev–Trinajstić information content (AvgIpc) is 3.33. The zero-order chi connectivity index (χ0) is 18.7. The summed E-state index contributed by atoms with van der Waals surface area (Å²) in [7, 11) is 2.21. The number of nitrogens with one attached hydrogen (secondary N) is 1. The Morgan fingerprint density at radius 3 is 2.89 bits per heavy atom. The van der Waals surface area contributed by atoms with Crippen molar-refractivity contribution in [1.82, 2.24) is 9.88 Å². The van der Waals surface area contributed by atoms with Gasteiger partial charge in [-0.1, -0.05) is 18.2 Å². The van der Waals surface area contributed by atoms with Crippen molar-refractivity contribution >= 4 is 16.5 Å². The van der Waals surface area contributed by atoms with Gasteiger partial charge in [0.25, 0.3) is 0 Å². The fourth-order valence-corrected chi connectivity index (χ4v) is 5.34. The minimum atomic E-state index is -0.383. The molecule has 0 radical (unpaired) electrons. The lowest BCUT2D eigenvalue weighted by atomic mass is 9.72. The summed E-state index contributed by atoms with van der Waals surface area (Å²) in [5, 5.41) is 6.53. The molecule has 27 heavy (non-hydrogen) atoms. The lowest BCUT2D eigenvalue weighted by Crippen LogP contribution is -2.36. The third kappa shape index (κ3) is 3.89. The molecule has 1 aromatic heterocycles. The van der Waals surface area contributed by atoms with Crippen LogP contribution in [0.25, 0.3) is 0 Å². The number of nitrogens with zero attached hydrogens (tertiary/aromatic N) is 2. The highest BCUT2D eigenvalue weighted by Gasteiger charge is 2.40. The fraction of sp³-hybridized carbons (Fsp3) is 0.571. The standard InChI is InChI=1S/C21H28FN3OS/c1-25-12-4-5-16(25)8-11-23-20-24-19(15-27-20)21(9-13-26-14-10-21)17-6-2-3-7-18(17)22/h2-3,6-7,15-16H,4-5,8-14H2,1H3,(H,23,24). The topological polar surface area (TPSA) is 37.4 Å². The Labute approximate surface area is 164 Å². The van der Waals surface area contributed by atoms with Gasteiger partial charge >= 0.3 is 0 Å². The minimum absolute atomic E-state index is 0.147. The Morgan fingerprint density at radius 1 is 1.33 bits per heavy atom. The van der Waals surface area contributed by atoms with Crippen LogP contribution in [0.4, 0.5) is 9.52 Å². The van der Waals surface area contributed by atoms with Crippen LogP contribution in [0.2, 0.25) is 0 Å². The van der Waals surface area contributed by atoms with E-state index in [4.69, 9.17) is 9.72 Å². The first kappa shape index (κ1) is 18.8. The predicted octanol–water partition coefficient (Wildman–Crippen LogP) is 4.27. The maximum atomic E-state index is 14.6. The molecule has 4 nitrogen and oxygen atoms in total. The number of hydrogen-bond acceptors (Lipinski definition) is 5. The number of halogens is 1. The quantitative estimate of drug-likeness (QED) is 0.800. The van der Waals surface area contributed by atoms with Gasteiger partial charge in [-0.05, 0) is 51.8 Å². The summed E-state index contributed by atoms with van der Waals surface area (Å²) in [6.07, 6.45) is 5.26. The van der Waals surface area contributed by atoms with Gasteiger partial charge in [-0.25, -0.2) is 9.37 Å².